The molecule has 0 aromatic rings. The highest BCUT2D eigenvalue weighted by atomic mass is 16.4. The van der Waals surface area contributed by atoms with Gasteiger partial charge in [0.25, 0.3) is 0 Å². The van der Waals surface area contributed by atoms with E-state index in [9.17, 15) is 9.59 Å². The van der Waals surface area contributed by atoms with Crippen molar-refractivity contribution in [1.82, 2.24) is 0 Å². The summed E-state index contributed by atoms with van der Waals surface area (Å²) < 4.78 is 0. The summed E-state index contributed by atoms with van der Waals surface area (Å²) >= 11 is 0. The van der Waals surface area contributed by atoms with Crippen molar-refractivity contribution >= 4 is 18.0 Å². The van der Waals surface area contributed by atoms with Crippen LogP contribution in [0.25, 0.3) is 0 Å². The summed E-state index contributed by atoms with van der Waals surface area (Å²) in [5, 5.41) is 8.08. The first kappa shape index (κ1) is 13.4. The number of aliphatic carboxylic acids is 1. The molecule has 0 aromatic carbocycles. The molecule has 0 atom stereocenters. The molecule has 0 aliphatic rings. The molecule has 0 amide bonds. The zero-order valence-electron chi connectivity index (χ0n) is 7.53. The fourth-order valence-electron chi connectivity index (χ4n) is 0.458. The summed E-state index contributed by atoms with van der Waals surface area (Å²) in [7, 11) is 0. The van der Waals surface area contributed by atoms with Crippen molar-refractivity contribution in [3.8, 4) is 0 Å². The van der Waals surface area contributed by atoms with E-state index in [1.54, 1.807) is 13.8 Å². The fraction of sp³-hybridized carbons (Fsp3) is 0.625. The van der Waals surface area contributed by atoms with E-state index in [2.05, 4.69) is 0 Å². The molecule has 12 heavy (non-hydrogen) atoms. The molecule has 0 fully saturated rings. The number of Topliss-reactive ketones (excluding diaryl/α,β-unsaturated/α-hetero) is 1. The largest absolute Gasteiger partial charge is 0.476 e. The van der Waals surface area contributed by atoms with Gasteiger partial charge in [0.1, 0.15) is 6.29 Å². The molecule has 0 aliphatic carbocycles. The van der Waals surface area contributed by atoms with Gasteiger partial charge in [-0.1, -0.05) is 13.8 Å². The van der Waals surface area contributed by atoms with Crippen LogP contribution in [0.4, 0.5) is 0 Å². The number of aldehydes is 1. The number of ketones is 1. The van der Waals surface area contributed by atoms with Crippen molar-refractivity contribution in [3.05, 3.63) is 0 Å². The molecule has 0 saturated carbocycles. The summed E-state index contributed by atoms with van der Waals surface area (Å²) in [6, 6.07) is 0. The number of rotatable bonds is 3. The quantitative estimate of drug-likeness (QED) is 0.509. The minimum absolute atomic E-state index is 0.133. The van der Waals surface area contributed by atoms with Crippen LogP contribution in [-0.2, 0) is 14.4 Å². The SMILES string of the molecule is CC(C)CC(=O)C(=O)O.CC=O. The Bertz CT molecular complexity index is 160. The predicted molar refractivity (Wildman–Crippen MR) is 43.8 cm³/mol. The molecule has 70 valence electrons. The molecule has 4 heteroatoms. The first-order valence-corrected chi connectivity index (χ1v) is 3.61. The average molecular weight is 174 g/mol. The van der Waals surface area contributed by atoms with Gasteiger partial charge in [-0.25, -0.2) is 4.79 Å². The van der Waals surface area contributed by atoms with E-state index in [1.165, 1.54) is 6.92 Å². The Morgan fingerprint density at radius 1 is 1.42 bits per heavy atom. The highest BCUT2D eigenvalue weighted by molar-refractivity contribution is 6.32. The molecule has 0 spiro atoms. The van der Waals surface area contributed by atoms with Gasteiger partial charge >= 0.3 is 5.97 Å². The monoisotopic (exact) mass is 174 g/mol. The van der Waals surface area contributed by atoms with E-state index in [-0.39, 0.29) is 12.3 Å². The van der Waals surface area contributed by atoms with E-state index in [1.807, 2.05) is 0 Å². The topological polar surface area (TPSA) is 71.4 Å². The van der Waals surface area contributed by atoms with Crippen LogP contribution in [0, 0.1) is 5.92 Å². The van der Waals surface area contributed by atoms with Crippen LogP contribution in [0.2, 0.25) is 0 Å². The standard InChI is InChI=1S/C6H10O3.C2H4O/c1-4(2)3-5(7)6(8)9;1-2-3/h4H,3H2,1-2H3,(H,8,9);2H,1H3. The molecule has 0 aromatic heterocycles. The van der Waals surface area contributed by atoms with Crippen LogP contribution < -0.4 is 0 Å². The molecule has 4 nitrogen and oxygen atoms in total. The zero-order valence-corrected chi connectivity index (χ0v) is 7.53. The lowest BCUT2D eigenvalue weighted by Crippen LogP contribution is -2.14. The second-order valence-electron chi connectivity index (χ2n) is 2.56. The lowest BCUT2D eigenvalue weighted by molar-refractivity contribution is -0.149. The molecule has 1 N–H and O–H groups in total. The molecular weight excluding hydrogens is 160 g/mol. The molecule has 0 unspecified atom stereocenters. The summed E-state index contributed by atoms with van der Waals surface area (Å²) in [6.45, 7) is 5.06. The van der Waals surface area contributed by atoms with Gasteiger partial charge in [-0.2, -0.15) is 0 Å². The summed E-state index contributed by atoms with van der Waals surface area (Å²) in [5.74, 6) is -1.90. The van der Waals surface area contributed by atoms with Crippen molar-refractivity contribution < 1.29 is 19.5 Å². The predicted octanol–water partition coefficient (Wildman–Crippen LogP) is 0.891. The maximum absolute atomic E-state index is 10.4. The molecule has 0 bridgehead atoms. The number of carbonyl (C=O) groups is 3. The van der Waals surface area contributed by atoms with Crippen LogP contribution in [0.15, 0.2) is 0 Å². The highest BCUT2D eigenvalue weighted by Crippen LogP contribution is 1.99. The van der Waals surface area contributed by atoms with Gasteiger partial charge in [-0.3, -0.25) is 4.79 Å². The van der Waals surface area contributed by atoms with Crippen LogP contribution in [0.3, 0.4) is 0 Å². The number of carboxylic acid groups (broad SMARTS) is 1. The van der Waals surface area contributed by atoms with Crippen molar-refractivity contribution in [3.63, 3.8) is 0 Å². The number of carboxylic acids is 1. The van der Waals surface area contributed by atoms with Gasteiger partial charge in [-0.15, -0.1) is 0 Å². The van der Waals surface area contributed by atoms with Crippen molar-refractivity contribution in [2.45, 2.75) is 27.2 Å². The summed E-state index contributed by atoms with van der Waals surface area (Å²) in [4.78, 5) is 29.0. The van der Waals surface area contributed by atoms with Crippen LogP contribution >= 0.6 is 0 Å². The number of hydrogen-bond donors (Lipinski definition) is 1. The minimum Gasteiger partial charge on any atom is -0.476 e. The molecule has 0 rings (SSSR count). The Morgan fingerprint density at radius 2 is 1.75 bits per heavy atom. The van der Waals surface area contributed by atoms with Crippen LogP contribution in [0.1, 0.15) is 27.2 Å². The zero-order chi connectivity index (χ0) is 10.1. The fourth-order valence-corrected chi connectivity index (χ4v) is 0.458. The van der Waals surface area contributed by atoms with E-state index in [0.717, 1.165) is 6.29 Å². The van der Waals surface area contributed by atoms with Crippen LogP contribution in [-0.4, -0.2) is 23.1 Å². The Kier molecular flexibility index (Phi) is 8.84. The van der Waals surface area contributed by atoms with Crippen molar-refractivity contribution in [2.75, 3.05) is 0 Å². The lowest BCUT2D eigenvalue weighted by atomic mass is 10.1. The second kappa shape index (κ2) is 7.91. The second-order valence-corrected chi connectivity index (χ2v) is 2.56. The normalized spacial score (nSPS) is 8.33. The number of hydrogen-bond acceptors (Lipinski definition) is 3. The Labute approximate surface area is 71.6 Å². The minimum atomic E-state index is -1.33. The van der Waals surface area contributed by atoms with E-state index < -0.39 is 11.8 Å². The smallest absolute Gasteiger partial charge is 0.372 e. The van der Waals surface area contributed by atoms with E-state index >= 15 is 0 Å². The molecule has 0 radical (unpaired) electrons. The third-order valence-corrected chi connectivity index (χ3v) is 0.832. The summed E-state index contributed by atoms with van der Waals surface area (Å²) in [6.07, 6.45) is 0.884. The Morgan fingerprint density at radius 3 is 1.83 bits per heavy atom. The first-order chi connectivity index (χ1) is 5.45. The van der Waals surface area contributed by atoms with Gasteiger partial charge < -0.3 is 9.90 Å². The van der Waals surface area contributed by atoms with E-state index in [4.69, 9.17) is 9.90 Å². The highest BCUT2D eigenvalue weighted by Gasteiger charge is 2.11. The van der Waals surface area contributed by atoms with Gasteiger partial charge in [0.05, 0.1) is 0 Å². The number of carbonyl (C=O) groups excluding carboxylic acids is 2. The first-order valence-electron chi connectivity index (χ1n) is 3.61. The van der Waals surface area contributed by atoms with Crippen LogP contribution in [0.5, 0.6) is 0 Å². The van der Waals surface area contributed by atoms with Gasteiger partial charge in [0, 0.05) is 6.42 Å². The molecule has 0 heterocycles. The van der Waals surface area contributed by atoms with Gasteiger partial charge in [0.2, 0.25) is 5.78 Å². The van der Waals surface area contributed by atoms with E-state index in [0.29, 0.717) is 0 Å². The molecular formula is C8H14O4. The van der Waals surface area contributed by atoms with Crippen molar-refractivity contribution in [2.24, 2.45) is 5.92 Å². The third-order valence-electron chi connectivity index (χ3n) is 0.832. The Balaban J connectivity index is 0. The average Bonchev–Trinajstić information content (AvgIpc) is 1.87. The van der Waals surface area contributed by atoms with Gasteiger partial charge in [0.15, 0.2) is 0 Å². The maximum atomic E-state index is 10.4. The maximum Gasteiger partial charge on any atom is 0.372 e. The molecule has 0 saturated heterocycles. The Hall–Kier alpha value is -1.19. The van der Waals surface area contributed by atoms with Crippen molar-refractivity contribution in [1.29, 1.82) is 0 Å². The third kappa shape index (κ3) is 11.6. The summed E-state index contributed by atoms with van der Waals surface area (Å²) in [5.41, 5.74) is 0. The lowest BCUT2D eigenvalue weighted by Gasteiger charge is -1.97. The molecule has 0 aliphatic heterocycles. The van der Waals surface area contributed by atoms with Gasteiger partial charge in [-0.05, 0) is 12.8 Å².